The second-order valence-corrected chi connectivity index (χ2v) is 7.50. The second kappa shape index (κ2) is 6.11. The molecule has 2 rings (SSSR count). The summed E-state index contributed by atoms with van der Waals surface area (Å²) < 4.78 is 6.01. The average Bonchev–Trinajstić information content (AvgIpc) is 2.34. The van der Waals surface area contributed by atoms with E-state index >= 15 is 0 Å². The molecule has 0 aliphatic heterocycles. The lowest BCUT2D eigenvalue weighted by Gasteiger charge is -2.53. The highest BCUT2D eigenvalue weighted by Crippen LogP contribution is 2.43. The minimum Gasteiger partial charge on any atom is -0.393 e. The third kappa shape index (κ3) is 3.71. The van der Waals surface area contributed by atoms with Crippen LogP contribution in [0.4, 0.5) is 0 Å². The summed E-state index contributed by atoms with van der Waals surface area (Å²) in [6.45, 7) is 9.91. The number of rotatable bonds is 5. The molecular weight excluding hydrogens is 238 g/mol. The first-order chi connectivity index (χ1) is 8.89. The van der Waals surface area contributed by atoms with Gasteiger partial charge in [0.05, 0.1) is 12.2 Å². The van der Waals surface area contributed by atoms with Gasteiger partial charge in [-0.15, -0.1) is 0 Å². The molecule has 0 bridgehead atoms. The molecule has 0 radical (unpaired) electrons. The molecular formula is C16H31NO2. The van der Waals surface area contributed by atoms with Crippen LogP contribution < -0.4 is 5.32 Å². The van der Waals surface area contributed by atoms with Gasteiger partial charge in [-0.2, -0.15) is 0 Å². The Hall–Kier alpha value is -0.120. The van der Waals surface area contributed by atoms with Crippen LogP contribution in [0.25, 0.3) is 0 Å². The topological polar surface area (TPSA) is 41.5 Å². The Balaban J connectivity index is 1.74. The first-order valence-electron chi connectivity index (χ1n) is 7.95. The Morgan fingerprint density at radius 3 is 2.37 bits per heavy atom. The van der Waals surface area contributed by atoms with E-state index < -0.39 is 0 Å². The van der Waals surface area contributed by atoms with Crippen LogP contribution in [0.1, 0.15) is 59.8 Å². The molecule has 112 valence electrons. The third-order valence-electron chi connectivity index (χ3n) is 4.94. The summed E-state index contributed by atoms with van der Waals surface area (Å²) in [6.07, 6.45) is 5.63. The lowest BCUT2D eigenvalue weighted by atomic mass is 9.64. The standard InChI is InChI=1S/C16H31NO2/c1-11(2)10-19-15-9-14(16(15,3)4)17-12-5-7-13(18)8-6-12/h11-15,17-18H,5-10H2,1-4H3. The van der Waals surface area contributed by atoms with E-state index in [0.717, 1.165) is 38.7 Å². The molecule has 0 amide bonds. The van der Waals surface area contributed by atoms with Crippen molar-refractivity contribution in [1.29, 1.82) is 0 Å². The van der Waals surface area contributed by atoms with Crippen LogP contribution in [0.5, 0.6) is 0 Å². The average molecular weight is 269 g/mol. The molecule has 0 heterocycles. The fourth-order valence-corrected chi connectivity index (χ4v) is 3.29. The first-order valence-corrected chi connectivity index (χ1v) is 7.95. The van der Waals surface area contributed by atoms with Gasteiger partial charge in [0.25, 0.3) is 0 Å². The Morgan fingerprint density at radius 2 is 1.84 bits per heavy atom. The largest absolute Gasteiger partial charge is 0.393 e. The highest BCUT2D eigenvalue weighted by Gasteiger charge is 2.49. The van der Waals surface area contributed by atoms with E-state index in [-0.39, 0.29) is 11.5 Å². The quantitative estimate of drug-likeness (QED) is 0.806. The van der Waals surface area contributed by atoms with Crippen LogP contribution in [0, 0.1) is 11.3 Å². The molecule has 2 fully saturated rings. The molecule has 2 N–H and O–H groups in total. The molecule has 3 nitrogen and oxygen atoms in total. The Labute approximate surface area is 118 Å². The van der Waals surface area contributed by atoms with Crippen LogP contribution in [-0.4, -0.2) is 36.0 Å². The SMILES string of the molecule is CC(C)COC1CC(NC2CCC(O)CC2)C1(C)C. The van der Waals surface area contributed by atoms with E-state index in [0.29, 0.717) is 24.1 Å². The molecule has 2 atom stereocenters. The lowest BCUT2D eigenvalue weighted by molar-refractivity contribution is -0.127. The maximum Gasteiger partial charge on any atom is 0.0656 e. The van der Waals surface area contributed by atoms with E-state index in [2.05, 4.69) is 33.0 Å². The number of hydrogen-bond donors (Lipinski definition) is 2. The predicted octanol–water partition coefficient (Wildman–Crippen LogP) is 2.72. The summed E-state index contributed by atoms with van der Waals surface area (Å²) in [6, 6.07) is 1.17. The zero-order valence-electron chi connectivity index (χ0n) is 13.0. The van der Waals surface area contributed by atoms with Gasteiger partial charge >= 0.3 is 0 Å². The van der Waals surface area contributed by atoms with Crippen LogP contribution in [0.2, 0.25) is 0 Å². The molecule has 2 unspecified atom stereocenters. The fraction of sp³-hybridized carbons (Fsp3) is 1.00. The Kier molecular flexibility index (Phi) is 4.91. The minimum absolute atomic E-state index is 0.0606. The number of aliphatic hydroxyl groups is 1. The summed E-state index contributed by atoms with van der Waals surface area (Å²) in [5.41, 5.74) is 0.241. The molecule has 2 aliphatic rings. The molecule has 2 aliphatic carbocycles. The van der Waals surface area contributed by atoms with Gasteiger partial charge in [-0.25, -0.2) is 0 Å². The molecule has 19 heavy (non-hydrogen) atoms. The van der Waals surface area contributed by atoms with Crippen LogP contribution >= 0.6 is 0 Å². The predicted molar refractivity (Wildman–Crippen MR) is 78.2 cm³/mol. The van der Waals surface area contributed by atoms with Gasteiger partial charge in [0.2, 0.25) is 0 Å². The summed E-state index contributed by atoms with van der Waals surface area (Å²) in [5, 5.41) is 13.3. The van der Waals surface area contributed by atoms with Gasteiger partial charge in [0, 0.05) is 24.1 Å². The number of aliphatic hydroxyl groups excluding tert-OH is 1. The van der Waals surface area contributed by atoms with Crippen molar-refractivity contribution >= 4 is 0 Å². The first kappa shape index (κ1) is 15.3. The van der Waals surface area contributed by atoms with Crippen molar-refractivity contribution in [3.63, 3.8) is 0 Å². The third-order valence-corrected chi connectivity index (χ3v) is 4.94. The van der Waals surface area contributed by atoms with Crippen molar-refractivity contribution in [1.82, 2.24) is 5.32 Å². The highest BCUT2D eigenvalue weighted by atomic mass is 16.5. The summed E-state index contributed by atoms with van der Waals surface area (Å²) >= 11 is 0. The minimum atomic E-state index is -0.0606. The smallest absolute Gasteiger partial charge is 0.0656 e. The van der Waals surface area contributed by atoms with E-state index in [1.54, 1.807) is 0 Å². The highest BCUT2D eigenvalue weighted by molar-refractivity contribution is 5.04. The van der Waals surface area contributed by atoms with Crippen molar-refractivity contribution in [3.05, 3.63) is 0 Å². The zero-order chi connectivity index (χ0) is 14.0. The Morgan fingerprint density at radius 1 is 1.21 bits per heavy atom. The van der Waals surface area contributed by atoms with Gasteiger partial charge in [-0.05, 0) is 38.0 Å². The summed E-state index contributed by atoms with van der Waals surface area (Å²) in [4.78, 5) is 0. The molecule has 2 saturated carbocycles. The molecule has 0 saturated heterocycles. The van der Waals surface area contributed by atoms with Crippen molar-refractivity contribution in [2.24, 2.45) is 11.3 Å². The van der Waals surface area contributed by atoms with Gasteiger partial charge in [-0.3, -0.25) is 0 Å². The van der Waals surface area contributed by atoms with Crippen molar-refractivity contribution in [3.8, 4) is 0 Å². The van der Waals surface area contributed by atoms with Crippen LogP contribution in [0.3, 0.4) is 0 Å². The van der Waals surface area contributed by atoms with E-state index in [1.165, 1.54) is 0 Å². The van der Waals surface area contributed by atoms with Crippen molar-refractivity contribution in [2.45, 2.75) is 84.1 Å². The van der Waals surface area contributed by atoms with Crippen LogP contribution in [0.15, 0.2) is 0 Å². The summed E-state index contributed by atoms with van der Waals surface area (Å²) in [5.74, 6) is 0.614. The van der Waals surface area contributed by atoms with E-state index in [1.807, 2.05) is 0 Å². The maximum atomic E-state index is 9.55. The van der Waals surface area contributed by atoms with Gasteiger partial charge in [-0.1, -0.05) is 27.7 Å². The molecule has 0 aromatic carbocycles. The number of nitrogens with one attached hydrogen (secondary N) is 1. The zero-order valence-corrected chi connectivity index (χ0v) is 13.0. The molecule has 3 heteroatoms. The van der Waals surface area contributed by atoms with Gasteiger partial charge in [0.1, 0.15) is 0 Å². The number of hydrogen-bond acceptors (Lipinski definition) is 3. The van der Waals surface area contributed by atoms with Crippen molar-refractivity contribution < 1.29 is 9.84 Å². The van der Waals surface area contributed by atoms with Crippen molar-refractivity contribution in [2.75, 3.05) is 6.61 Å². The normalized spacial score (nSPS) is 38.2. The monoisotopic (exact) mass is 269 g/mol. The van der Waals surface area contributed by atoms with Gasteiger partial charge in [0.15, 0.2) is 0 Å². The molecule has 0 aromatic heterocycles. The second-order valence-electron chi connectivity index (χ2n) is 7.50. The maximum absolute atomic E-state index is 9.55. The Bertz CT molecular complexity index is 282. The lowest BCUT2D eigenvalue weighted by Crippen LogP contribution is -2.63. The number of ether oxygens (including phenoxy) is 1. The van der Waals surface area contributed by atoms with E-state index in [4.69, 9.17) is 4.74 Å². The molecule has 0 spiro atoms. The fourth-order valence-electron chi connectivity index (χ4n) is 3.29. The van der Waals surface area contributed by atoms with E-state index in [9.17, 15) is 5.11 Å². The van der Waals surface area contributed by atoms with Gasteiger partial charge < -0.3 is 15.2 Å². The van der Waals surface area contributed by atoms with Crippen LogP contribution in [-0.2, 0) is 4.74 Å². The summed E-state index contributed by atoms with van der Waals surface area (Å²) in [7, 11) is 0. The molecule has 0 aromatic rings.